The van der Waals surface area contributed by atoms with Crippen LogP contribution in [0.4, 0.5) is 5.69 Å². The third-order valence-corrected chi connectivity index (χ3v) is 4.09. The highest BCUT2D eigenvalue weighted by Crippen LogP contribution is 2.27. The van der Waals surface area contributed by atoms with Crippen LogP contribution in [-0.4, -0.2) is 5.91 Å². The summed E-state index contributed by atoms with van der Waals surface area (Å²) in [5.74, 6) is -0.243. The Balaban J connectivity index is 2.15. The Kier molecular flexibility index (Phi) is 4.96. The van der Waals surface area contributed by atoms with Gasteiger partial charge in [-0.15, -0.1) is 0 Å². The minimum absolute atomic E-state index is 0.243. The highest BCUT2D eigenvalue weighted by atomic mass is 79.9. The van der Waals surface area contributed by atoms with Crippen LogP contribution in [0.2, 0.25) is 0 Å². The van der Waals surface area contributed by atoms with Crippen molar-refractivity contribution in [3.63, 3.8) is 0 Å². The van der Waals surface area contributed by atoms with Crippen molar-refractivity contribution < 1.29 is 4.79 Å². The molecule has 0 aliphatic rings. The molecule has 0 aliphatic heterocycles. The van der Waals surface area contributed by atoms with Gasteiger partial charge in [0.1, 0.15) is 6.04 Å². The number of amides is 1. The molecule has 1 atom stereocenters. The van der Waals surface area contributed by atoms with Crippen molar-refractivity contribution in [1.29, 1.82) is 0 Å². The largest absolute Gasteiger partial charge is 0.323 e. The second-order valence-corrected chi connectivity index (χ2v) is 6.27. The van der Waals surface area contributed by atoms with Crippen molar-refractivity contribution in [2.75, 3.05) is 5.32 Å². The molecule has 3 N–H and O–H groups in total. The summed E-state index contributed by atoms with van der Waals surface area (Å²) in [6.07, 6.45) is 0. The van der Waals surface area contributed by atoms with Crippen LogP contribution in [0.25, 0.3) is 0 Å². The molecule has 0 spiro atoms. The molecular weight excluding hydrogens is 384 g/mol. The van der Waals surface area contributed by atoms with E-state index in [1.54, 1.807) is 0 Å². The maximum atomic E-state index is 12.2. The van der Waals surface area contributed by atoms with Gasteiger partial charge < -0.3 is 11.1 Å². The van der Waals surface area contributed by atoms with Crippen molar-refractivity contribution >= 4 is 43.5 Å². The molecule has 2 rings (SSSR count). The number of anilines is 1. The zero-order valence-electron chi connectivity index (χ0n) is 10.9. The minimum atomic E-state index is -0.693. The van der Waals surface area contributed by atoms with Crippen LogP contribution < -0.4 is 11.1 Å². The van der Waals surface area contributed by atoms with E-state index in [-0.39, 0.29) is 5.91 Å². The Morgan fingerprint density at radius 2 is 1.80 bits per heavy atom. The Labute approximate surface area is 134 Å². The van der Waals surface area contributed by atoms with Gasteiger partial charge in [-0.05, 0) is 46.6 Å². The summed E-state index contributed by atoms with van der Waals surface area (Å²) in [4.78, 5) is 12.2. The predicted molar refractivity (Wildman–Crippen MR) is 88.6 cm³/mol. The molecule has 1 amide bonds. The van der Waals surface area contributed by atoms with Crippen molar-refractivity contribution in [1.82, 2.24) is 0 Å². The number of benzene rings is 2. The highest BCUT2D eigenvalue weighted by molar-refractivity contribution is 9.11. The molecule has 2 aromatic rings. The monoisotopic (exact) mass is 396 g/mol. The van der Waals surface area contributed by atoms with Crippen LogP contribution in [0.1, 0.15) is 17.2 Å². The number of nitrogens with two attached hydrogens (primary N) is 1. The van der Waals surface area contributed by atoms with Crippen LogP contribution in [0.15, 0.2) is 51.4 Å². The van der Waals surface area contributed by atoms with Gasteiger partial charge in [-0.1, -0.05) is 45.8 Å². The fourth-order valence-corrected chi connectivity index (χ4v) is 2.44. The first-order chi connectivity index (χ1) is 9.47. The highest BCUT2D eigenvalue weighted by Gasteiger charge is 2.16. The lowest BCUT2D eigenvalue weighted by molar-refractivity contribution is -0.117. The number of hydrogen-bond acceptors (Lipinski definition) is 2. The van der Waals surface area contributed by atoms with E-state index >= 15 is 0 Å². The molecule has 0 aliphatic carbocycles. The molecule has 5 heteroatoms. The number of hydrogen-bond donors (Lipinski definition) is 2. The number of carbonyl (C=O) groups excluding carboxylic acids is 1. The van der Waals surface area contributed by atoms with Gasteiger partial charge in [0, 0.05) is 8.95 Å². The average molecular weight is 398 g/mol. The van der Waals surface area contributed by atoms with Crippen LogP contribution in [0, 0.1) is 6.92 Å². The Bertz CT molecular complexity index is 626. The molecular formula is C15H14Br2N2O. The van der Waals surface area contributed by atoms with Crippen LogP contribution in [0.5, 0.6) is 0 Å². The predicted octanol–water partition coefficient (Wildman–Crippen LogP) is 4.16. The third kappa shape index (κ3) is 3.69. The maximum Gasteiger partial charge on any atom is 0.245 e. The summed E-state index contributed by atoms with van der Waals surface area (Å²) in [6.45, 7) is 1.99. The fraction of sp³-hybridized carbons (Fsp3) is 0.133. The Morgan fingerprint density at radius 3 is 2.45 bits per heavy atom. The van der Waals surface area contributed by atoms with Crippen LogP contribution in [0.3, 0.4) is 0 Å². The van der Waals surface area contributed by atoms with E-state index in [4.69, 9.17) is 5.73 Å². The average Bonchev–Trinajstić information content (AvgIpc) is 2.43. The van der Waals surface area contributed by atoms with Crippen molar-refractivity contribution in [2.45, 2.75) is 13.0 Å². The van der Waals surface area contributed by atoms with Crippen LogP contribution >= 0.6 is 31.9 Å². The van der Waals surface area contributed by atoms with Gasteiger partial charge in [0.05, 0.1) is 5.69 Å². The topological polar surface area (TPSA) is 55.1 Å². The SMILES string of the molecule is Cc1ccc(C(N)C(=O)Nc2cc(Br)ccc2Br)cc1. The van der Waals surface area contributed by atoms with Crippen molar-refractivity contribution in [3.05, 3.63) is 62.5 Å². The second-order valence-electron chi connectivity index (χ2n) is 4.50. The third-order valence-electron chi connectivity index (χ3n) is 2.91. The second kappa shape index (κ2) is 6.52. The van der Waals surface area contributed by atoms with E-state index < -0.39 is 6.04 Å². The van der Waals surface area contributed by atoms with E-state index in [0.29, 0.717) is 5.69 Å². The van der Waals surface area contributed by atoms with E-state index in [2.05, 4.69) is 37.2 Å². The minimum Gasteiger partial charge on any atom is -0.323 e. The number of rotatable bonds is 3. The number of carbonyl (C=O) groups is 1. The molecule has 0 saturated carbocycles. The van der Waals surface area contributed by atoms with Crippen molar-refractivity contribution in [2.24, 2.45) is 5.73 Å². The molecule has 20 heavy (non-hydrogen) atoms. The van der Waals surface area contributed by atoms with E-state index in [1.807, 2.05) is 49.4 Å². The van der Waals surface area contributed by atoms with Gasteiger partial charge in [0.2, 0.25) is 5.91 Å². The lowest BCUT2D eigenvalue weighted by atomic mass is 10.1. The summed E-state index contributed by atoms with van der Waals surface area (Å²) >= 11 is 6.77. The molecule has 0 bridgehead atoms. The Hall–Kier alpha value is -1.17. The molecule has 1 unspecified atom stereocenters. The zero-order valence-corrected chi connectivity index (χ0v) is 14.0. The number of nitrogens with one attached hydrogen (secondary N) is 1. The first kappa shape index (κ1) is 15.2. The smallest absolute Gasteiger partial charge is 0.245 e. The molecule has 104 valence electrons. The quantitative estimate of drug-likeness (QED) is 0.816. The fourth-order valence-electron chi connectivity index (χ4n) is 1.73. The molecule has 0 fully saturated rings. The van der Waals surface area contributed by atoms with Gasteiger partial charge in [0.25, 0.3) is 0 Å². The molecule has 0 saturated heterocycles. The lowest BCUT2D eigenvalue weighted by Crippen LogP contribution is -2.27. The summed E-state index contributed by atoms with van der Waals surface area (Å²) < 4.78 is 1.70. The summed E-state index contributed by atoms with van der Waals surface area (Å²) in [6, 6.07) is 12.5. The molecule has 0 heterocycles. The summed E-state index contributed by atoms with van der Waals surface area (Å²) in [5, 5.41) is 2.82. The number of aryl methyl sites for hydroxylation is 1. The van der Waals surface area contributed by atoms with Gasteiger partial charge in [0.15, 0.2) is 0 Å². The number of halogens is 2. The molecule has 0 radical (unpaired) electrons. The molecule has 0 aromatic heterocycles. The van der Waals surface area contributed by atoms with Crippen LogP contribution in [-0.2, 0) is 4.79 Å². The first-order valence-corrected chi connectivity index (χ1v) is 7.64. The van der Waals surface area contributed by atoms with Gasteiger partial charge >= 0.3 is 0 Å². The van der Waals surface area contributed by atoms with Gasteiger partial charge in [-0.3, -0.25) is 4.79 Å². The molecule has 2 aromatic carbocycles. The summed E-state index contributed by atoms with van der Waals surface area (Å²) in [5.41, 5.74) is 8.60. The lowest BCUT2D eigenvalue weighted by Gasteiger charge is -2.14. The van der Waals surface area contributed by atoms with E-state index in [0.717, 1.165) is 20.1 Å². The maximum absolute atomic E-state index is 12.2. The van der Waals surface area contributed by atoms with Crippen molar-refractivity contribution in [3.8, 4) is 0 Å². The normalized spacial score (nSPS) is 12.0. The standard InChI is InChI=1S/C15H14Br2N2O/c1-9-2-4-10(5-3-9)14(18)15(20)19-13-8-11(16)6-7-12(13)17/h2-8,14H,18H2,1H3,(H,19,20). The van der Waals surface area contributed by atoms with E-state index in [1.165, 1.54) is 0 Å². The zero-order chi connectivity index (χ0) is 14.7. The molecule has 3 nitrogen and oxygen atoms in total. The van der Waals surface area contributed by atoms with E-state index in [9.17, 15) is 4.79 Å². The first-order valence-electron chi connectivity index (χ1n) is 6.05. The van der Waals surface area contributed by atoms with Gasteiger partial charge in [-0.2, -0.15) is 0 Å². The summed E-state index contributed by atoms with van der Waals surface area (Å²) in [7, 11) is 0. The van der Waals surface area contributed by atoms with Gasteiger partial charge in [-0.25, -0.2) is 0 Å². The Morgan fingerprint density at radius 1 is 1.15 bits per heavy atom.